The van der Waals surface area contributed by atoms with Crippen molar-refractivity contribution in [2.45, 2.75) is 19.6 Å². The molecule has 0 aliphatic heterocycles. The van der Waals surface area contributed by atoms with E-state index in [1.807, 2.05) is 66.7 Å². The number of carbonyl (C=O) groups is 1. The summed E-state index contributed by atoms with van der Waals surface area (Å²) >= 11 is 0. The van der Waals surface area contributed by atoms with Crippen LogP contribution in [0.5, 0.6) is 5.75 Å². The molecule has 0 spiro atoms. The van der Waals surface area contributed by atoms with Gasteiger partial charge in [0, 0.05) is 12.0 Å². The van der Waals surface area contributed by atoms with Gasteiger partial charge in [0.15, 0.2) is 0 Å². The van der Waals surface area contributed by atoms with Crippen LogP contribution in [0.2, 0.25) is 0 Å². The van der Waals surface area contributed by atoms with E-state index < -0.39 is 6.16 Å². The second-order valence-electron chi connectivity index (χ2n) is 5.90. The van der Waals surface area contributed by atoms with Crippen molar-refractivity contribution in [3.8, 4) is 5.75 Å². The smallest absolute Gasteiger partial charge is 0.488 e. The fourth-order valence-electron chi connectivity index (χ4n) is 2.76. The molecule has 3 aromatic carbocycles. The van der Waals surface area contributed by atoms with Gasteiger partial charge in [-0.3, -0.25) is 0 Å². The van der Waals surface area contributed by atoms with Crippen LogP contribution in [0.1, 0.15) is 22.3 Å². The van der Waals surface area contributed by atoms with Gasteiger partial charge in [-0.25, -0.2) is 4.79 Å². The predicted molar refractivity (Wildman–Crippen MR) is 99.3 cm³/mol. The summed E-state index contributed by atoms with van der Waals surface area (Å²) in [7, 11) is 0. The van der Waals surface area contributed by atoms with Gasteiger partial charge >= 0.3 is 6.16 Å². The van der Waals surface area contributed by atoms with Crippen LogP contribution in [0.15, 0.2) is 78.9 Å². The summed E-state index contributed by atoms with van der Waals surface area (Å²) in [6.07, 6.45) is -0.598. The van der Waals surface area contributed by atoms with Crippen molar-refractivity contribution in [3.63, 3.8) is 0 Å². The minimum atomic E-state index is -1.30. The average Bonchev–Trinajstić information content (AvgIpc) is 2.67. The molecule has 0 fully saturated rings. The summed E-state index contributed by atoms with van der Waals surface area (Å²) in [5.74, 6) is 0.682. The maximum absolute atomic E-state index is 10.8. The summed E-state index contributed by atoms with van der Waals surface area (Å²) in [4.78, 5) is 10.8. The Balaban J connectivity index is 1.86. The van der Waals surface area contributed by atoms with Crippen molar-refractivity contribution in [2.24, 2.45) is 0 Å². The quantitative estimate of drug-likeness (QED) is 0.607. The second kappa shape index (κ2) is 8.72. The maximum atomic E-state index is 10.8. The lowest BCUT2D eigenvalue weighted by atomic mass is 10.0. The molecule has 0 aliphatic carbocycles. The third kappa shape index (κ3) is 4.86. The lowest BCUT2D eigenvalue weighted by Gasteiger charge is -2.16. The molecular weight excluding hydrogens is 328 g/mol. The molecule has 0 radical (unpaired) electrons. The minimum Gasteiger partial charge on any atom is -0.488 e. The average molecular weight is 348 g/mol. The van der Waals surface area contributed by atoms with Gasteiger partial charge in [0.25, 0.3) is 0 Å². The number of hydrogen-bond donors (Lipinski definition) is 1. The highest BCUT2D eigenvalue weighted by Gasteiger charge is 2.13. The van der Waals surface area contributed by atoms with E-state index in [2.05, 4.69) is 12.1 Å². The summed E-state index contributed by atoms with van der Waals surface area (Å²) in [6, 6.07) is 25.7. The number of ether oxygens (including phenoxy) is 2. The van der Waals surface area contributed by atoms with Crippen molar-refractivity contribution >= 4 is 6.16 Å². The Morgan fingerprint density at radius 2 is 1.35 bits per heavy atom. The predicted octanol–water partition coefficient (Wildman–Crippen LogP) is 5.05. The first kappa shape index (κ1) is 17.5. The second-order valence-corrected chi connectivity index (χ2v) is 5.90. The van der Waals surface area contributed by atoms with Crippen LogP contribution in [-0.4, -0.2) is 11.3 Å². The lowest BCUT2D eigenvalue weighted by molar-refractivity contribution is 0.0843. The van der Waals surface area contributed by atoms with E-state index in [9.17, 15) is 4.79 Å². The summed E-state index contributed by atoms with van der Waals surface area (Å²) in [5.41, 5.74) is 3.93. The first-order valence-corrected chi connectivity index (χ1v) is 8.39. The third-order valence-electron chi connectivity index (χ3n) is 3.99. The van der Waals surface area contributed by atoms with Crippen molar-refractivity contribution < 1.29 is 19.4 Å². The zero-order valence-corrected chi connectivity index (χ0v) is 14.3. The maximum Gasteiger partial charge on any atom is 0.506 e. The van der Waals surface area contributed by atoms with E-state index in [1.54, 1.807) is 0 Å². The fraction of sp³-hybridized carbons (Fsp3) is 0.136. The summed E-state index contributed by atoms with van der Waals surface area (Å²) in [6.45, 7) is 0.370. The largest absolute Gasteiger partial charge is 0.506 e. The first-order valence-electron chi connectivity index (χ1n) is 8.39. The minimum absolute atomic E-state index is 0.0396. The molecule has 132 valence electrons. The highest BCUT2D eigenvalue weighted by molar-refractivity contribution is 5.57. The highest BCUT2D eigenvalue weighted by atomic mass is 16.7. The molecule has 0 amide bonds. The van der Waals surface area contributed by atoms with Gasteiger partial charge in [-0.15, -0.1) is 0 Å². The SMILES string of the molecule is O=C(O)OCc1cccc(Cc2ccccc2)c1OCc1ccccc1. The number of carboxylic acid groups (broad SMARTS) is 1. The molecule has 0 bridgehead atoms. The Hall–Kier alpha value is -3.27. The molecule has 4 nitrogen and oxygen atoms in total. The highest BCUT2D eigenvalue weighted by Crippen LogP contribution is 2.28. The molecule has 3 rings (SSSR count). The molecule has 0 saturated heterocycles. The van der Waals surface area contributed by atoms with E-state index in [1.165, 1.54) is 0 Å². The molecule has 1 N–H and O–H groups in total. The van der Waals surface area contributed by atoms with Crippen LogP contribution in [0.25, 0.3) is 0 Å². The summed E-state index contributed by atoms with van der Waals surface area (Å²) in [5, 5.41) is 8.82. The van der Waals surface area contributed by atoms with Crippen LogP contribution >= 0.6 is 0 Å². The fourth-order valence-corrected chi connectivity index (χ4v) is 2.76. The molecule has 3 aromatic rings. The Morgan fingerprint density at radius 1 is 0.731 bits per heavy atom. The van der Waals surface area contributed by atoms with Crippen LogP contribution in [0, 0.1) is 0 Å². The molecule has 0 saturated carbocycles. The van der Waals surface area contributed by atoms with Crippen LogP contribution in [0.3, 0.4) is 0 Å². The molecule has 26 heavy (non-hydrogen) atoms. The Morgan fingerprint density at radius 3 is 2.00 bits per heavy atom. The first-order chi connectivity index (χ1) is 12.7. The Kier molecular flexibility index (Phi) is 5.88. The normalized spacial score (nSPS) is 10.3. The van der Waals surface area contributed by atoms with Crippen LogP contribution < -0.4 is 4.74 Å². The van der Waals surface area contributed by atoms with Crippen LogP contribution in [0.4, 0.5) is 4.79 Å². The van der Waals surface area contributed by atoms with Crippen molar-refractivity contribution in [1.29, 1.82) is 0 Å². The van der Waals surface area contributed by atoms with E-state index in [4.69, 9.17) is 14.6 Å². The molecular formula is C22H20O4. The molecule has 0 atom stereocenters. The molecule has 0 aliphatic rings. The monoisotopic (exact) mass is 348 g/mol. The van der Waals surface area contributed by atoms with Gasteiger partial charge < -0.3 is 14.6 Å². The summed E-state index contributed by atoms with van der Waals surface area (Å²) < 4.78 is 10.8. The standard InChI is InChI=1S/C22H20O4/c23-22(24)26-16-20-13-7-12-19(14-17-8-3-1-4-9-17)21(20)25-15-18-10-5-2-6-11-18/h1-13H,14-16H2,(H,23,24). The molecule has 4 heteroatoms. The Labute approximate surface area is 152 Å². The topological polar surface area (TPSA) is 55.8 Å². The van der Waals surface area contributed by atoms with Gasteiger partial charge in [0.05, 0.1) is 0 Å². The van der Waals surface area contributed by atoms with Crippen LogP contribution in [-0.2, 0) is 24.4 Å². The van der Waals surface area contributed by atoms with Gasteiger partial charge in [-0.1, -0.05) is 78.9 Å². The van der Waals surface area contributed by atoms with E-state index in [0.717, 1.165) is 22.3 Å². The van der Waals surface area contributed by atoms with Gasteiger partial charge in [-0.05, 0) is 16.7 Å². The zero-order valence-electron chi connectivity index (χ0n) is 14.3. The van der Waals surface area contributed by atoms with E-state index >= 15 is 0 Å². The van der Waals surface area contributed by atoms with Crippen molar-refractivity contribution in [1.82, 2.24) is 0 Å². The number of hydrogen-bond acceptors (Lipinski definition) is 3. The number of rotatable bonds is 7. The van der Waals surface area contributed by atoms with Crippen molar-refractivity contribution in [3.05, 3.63) is 101 Å². The van der Waals surface area contributed by atoms with Gasteiger partial charge in [-0.2, -0.15) is 0 Å². The lowest BCUT2D eigenvalue weighted by Crippen LogP contribution is -2.06. The number of para-hydroxylation sites is 1. The molecule has 0 aromatic heterocycles. The third-order valence-corrected chi connectivity index (χ3v) is 3.99. The van der Waals surface area contributed by atoms with Gasteiger partial charge in [0.2, 0.25) is 0 Å². The van der Waals surface area contributed by atoms with Gasteiger partial charge in [0.1, 0.15) is 19.0 Å². The molecule has 0 heterocycles. The zero-order chi connectivity index (χ0) is 18.2. The van der Waals surface area contributed by atoms with E-state index in [-0.39, 0.29) is 6.61 Å². The Bertz CT molecular complexity index is 845. The molecule has 0 unspecified atom stereocenters. The van der Waals surface area contributed by atoms with Crippen molar-refractivity contribution in [2.75, 3.05) is 0 Å². The number of benzene rings is 3. The van der Waals surface area contributed by atoms with E-state index in [0.29, 0.717) is 18.8 Å².